The maximum Gasteiger partial charge on any atom is 0.263 e. The van der Waals surface area contributed by atoms with E-state index in [1.165, 1.54) is 4.57 Å². The minimum atomic E-state index is -0.379. The van der Waals surface area contributed by atoms with Crippen LogP contribution in [0.4, 0.5) is 0 Å². The van der Waals surface area contributed by atoms with Crippen LogP contribution in [-0.2, 0) is 11.9 Å². The highest BCUT2D eigenvalue weighted by molar-refractivity contribution is 6.07. The van der Waals surface area contributed by atoms with Gasteiger partial charge in [0.15, 0.2) is 6.10 Å². The highest BCUT2D eigenvalue weighted by Gasteiger charge is 2.30. The van der Waals surface area contributed by atoms with Crippen molar-refractivity contribution < 1.29 is 14.4 Å². The van der Waals surface area contributed by atoms with Gasteiger partial charge in [0.05, 0.1) is 11.8 Å². The lowest BCUT2D eigenvalue weighted by atomic mass is 10.0. The smallest absolute Gasteiger partial charge is 0.263 e. The summed E-state index contributed by atoms with van der Waals surface area (Å²) in [5.41, 5.74) is 0.972. The molecule has 4 rings (SSSR count). The van der Waals surface area contributed by atoms with Crippen molar-refractivity contribution in [1.29, 1.82) is 0 Å². The first-order valence-corrected chi connectivity index (χ1v) is 7.24. The van der Waals surface area contributed by atoms with Crippen LogP contribution in [-0.4, -0.2) is 15.4 Å². The molecular weight excluding hydrogens is 296 g/mol. The minimum Gasteiger partial charge on any atom is -0.506 e. The van der Waals surface area contributed by atoms with Crippen LogP contribution in [0, 0.1) is 0 Å². The Balaban J connectivity index is 1.83. The summed E-state index contributed by atoms with van der Waals surface area (Å²) >= 11 is 0. The number of nitrogens with zero attached hydrogens (tertiary/aromatic N) is 2. The molecule has 1 aromatic carbocycles. The van der Waals surface area contributed by atoms with E-state index < -0.39 is 0 Å². The predicted molar refractivity (Wildman–Crippen MR) is 84.5 cm³/mol. The lowest BCUT2D eigenvalue weighted by Crippen LogP contribution is -2.24. The lowest BCUT2D eigenvalue weighted by molar-refractivity contribution is 0.0689. The molecule has 0 fully saturated rings. The average Bonchev–Trinajstić information content (AvgIpc) is 3.24. The van der Waals surface area contributed by atoms with E-state index in [9.17, 15) is 9.90 Å². The molecule has 0 amide bonds. The molecule has 3 heterocycles. The van der Waals surface area contributed by atoms with Gasteiger partial charge in [-0.3, -0.25) is 4.79 Å². The highest BCUT2D eigenvalue weighted by atomic mass is 16.6. The highest BCUT2D eigenvalue weighted by Crippen LogP contribution is 2.33. The Labute approximate surface area is 131 Å². The fourth-order valence-electron chi connectivity index (χ4n) is 2.89. The summed E-state index contributed by atoms with van der Waals surface area (Å²) < 4.78 is 6.82. The van der Waals surface area contributed by atoms with E-state index in [2.05, 4.69) is 5.16 Å². The molecule has 1 aliphatic heterocycles. The van der Waals surface area contributed by atoms with Crippen molar-refractivity contribution in [2.24, 2.45) is 12.2 Å². The maximum atomic E-state index is 12.6. The monoisotopic (exact) mass is 310 g/mol. The summed E-state index contributed by atoms with van der Waals surface area (Å²) in [5, 5.41) is 15.2. The Hall–Kier alpha value is -3.02. The summed E-state index contributed by atoms with van der Waals surface area (Å²) in [6, 6.07) is 10.8. The van der Waals surface area contributed by atoms with Crippen molar-refractivity contribution in [3.8, 4) is 5.75 Å². The second-order valence-corrected chi connectivity index (χ2v) is 5.46. The summed E-state index contributed by atoms with van der Waals surface area (Å²) in [7, 11) is 1.67. The molecule has 0 saturated carbocycles. The van der Waals surface area contributed by atoms with Crippen LogP contribution in [0.25, 0.3) is 10.9 Å². The van der Waals surface area contributed by atoms with Crippen LogP contribution in [0.2, 0.25) is 0 Å². The number of furan rings is 1. The molecule has 0 aliphatic carbocycles. The van der Waals surface area contributed by atoms with Gasteiger partial charge in [-0.05, 0) is 24.3 Å². The molecule has 23 heavy (non-hydrogen) atoms. The van der Waals surface area contributed by atoms with Gasteiger partial charge >= 0.3 is 0 Å². The number of oxime groups is 1. The molecular formula is C17H14N2O4. The molecule has 1 unspecified atom stereocenters. The number of benzene rings is 1. The third-order valence-corrected chi connectivity index (χ3v) is 4.09. The predicted octanol–water partition coefficient (Wildman–Crippen LogP) is 2.70. The van der Waals surface area contributed by atoms with Crippen LogP contribution in [0.5, 0.6) is 5.75 Å². The third kappa shape index (κ3) is 2.03. The zero-order valence-electron chi connectivity index (χ0n) is 12.4. The first-order chi connectivity index (χ1) is 11.2. The van der Waals surface area contributed by atoms with Gasteiger partial charge in [-0.25, -0.2) is 0 Å². The van der Waals surface area contributed by atoms with Crippen LogP contribution < -0.4 is 5.56 Å². The Morgan fingerprint density at radius 3 is 2.87 bits per heavy atom. The van der Waals surface area contributed by atoms with E-state index in [1.54, 1.807) is 37.6 Å². The Morgan fingerprint density at radius 2 is 2.09 bits per heavy atom. The van der Waals surface area contributed by atoms with Crippen molar-refractivity contribution in [2.45, 2.75) is 12.5 Å². The zero-order valence-corrected chi connectivity index (χ0v) is 12.4. The maximum absolute atomic E-state index is 12.6. The Kier molecular flexibility index (Phi) is 2.97. The zero-order chi connectivity index (χ0) is 16.0. The topological polar surface area (TPSA) is 77.0 Å². The van der Waals surface area contributed by atoms with Crippen molar-refractivity contribution in [3.05, 3.63) is 64.3 Å². The van der Waals surface area contributed by atoms with Gasteiger partial charge in [0.1, 0.15) is 22.8 Å². The average molecular weight is 310 g/mol. The number of aryl methyl sites for hydroxylation is 1. The number of fused-ring (bicyclic) bond motifs is 1. The number of hydrogen-bond donors (Lipinski definition) is 1. The Bertz CT molecular complexity index is 970. The number of para-hydroxylation sites is 1. The molecule has 2 aromatic heterocycles. The lowest BCUT2D eigenvalue weighted by Gasteiger charge is -2.11. The first-order valence-electron chi connectivity index (χ1n) is 7.24. The van der Waals surface area contributed by atoms with Gasteiger partial charge in [-0.1, -0.05) is 17.3 Å². The summed E-state index contributed by atoms with van der Waals surface area (Å²) in [4.78, 5) is 18.0. The largest absolute Gasteiger partial charge is 0.506 e. The fraction of sp³-hybridized carbons (Fsp3) is 0.176. The van der Waals surface area contributed by atoms with E-state index in [0.717, 1.165) is 0 Å². The molecule has 1 N–H and O–H groups in total. The SMILES string of the molecule is Cn1c(=O)c(C2=NOC(c3ccco3)C2)c(O)c2ccccc21. The normalized spacial score (nSPS) is 17.3. The van der Waals surface area contributed by atoms with Crippen molar-refractivity contribution in [3.63, 3.8) is 0 Å². The van der Waals surface area contributed by atoms with Crippen LogP contribution >= 0.6 is 0 Å². The number of aromatic nitrogens is 1. The van der Waals surface area contributed by atoms with Gasteiger partial charge in [-0.15, -0.1) is 0 Å². The van der Waals surface area contributed by atoms with Gasteiger partial charge in [0.25, 0.3) is 5.56 Å². The molecule has 0 spiro atoms. The fourth-order valence-corrected chi connectivity index (χ4v) is 2.89. The van der Waals surface area contributed by atoms with E-state index in [-0.39, 0.29) is 23.0 Å². The van der Waals surface area contributed by atoms with Crippen LogP contribution in [0.1, 0.15) is 23.8 Å². The van der Waals surface area contributed by atoms with Gasteiger partial charge in [-0.2, -0.15) is 0 Å². The van der Waals surface area contributed by atoms with Crippen molar-refractivity contribution in [1.82, 2.24) is 4.57 Å². The van der Waals surface area contributed by atoms with E-state index in [0.29, 0.717) is 28.8 Å². The number of pyridine rings is 1. The van der Waals surface area contributed by atoms with E-state index in [4.69, 9.17) is 9.25 Å². The van der Waals surface area contributed by atoms with Gasteiger partial charge in [0, 0.05) is 18.9 Å². The standard InChI is InChI=1S/C17H14N2O4/c1-19-12-6-3-2-5-10(12)16(20)15(17(19)21)11-9-14(23-18-11)13-7-4-8-22-13/h2-8,14,20H,9H2,1H3. The molecule has 1 atom stereocenters. The molecule has 116 valence electrons. The van der Waals surface area contributed by atoms with E-state index >= 15 is 0 Å². The second kappa shape index (κ2) is 5.01. The van der Waals surface area contributed by atoms with Crippen LogP contribution in [0.3, 0.4) is 0 Å². The number of hydrogen-bond acceptors (Lipinski definition) is 5. The third-order valence-electron chi connectivity index (χ3n) is 4.09. The van der Waals surface area contributed by atoms with Gasteiger partial charge in [0.2, 0.25) is 0 Å². The van der Waals surface area contributed by atoms with Crippen molar-refractivity contribution in [2.75, 3.05) is 0 Å². The van der Waals surface area contributed by atoms with Crippen LogP contribution in [0.15, 0.2) is 57.0 Å². The molecule has 0 bridgehead atoms. The molecule has 0 saturated heterocycles. The summed E-state index contributed by atoms with van der Waals surface area (Å²) in [5.74, 6) is 0.576. The summed E-state index contributed by atoms with van der Waals surface area (Å²) in [6.07, 6.45) is 1.55. The number of aromatic hydroxyl groups is 1. The van der Waals surface area contributed by atoms with E-state index in [1.807, 2.05) is 12.1 Å². The molecule has 3 aromatic rings. The minimum absolute atomic E-state index is 0.0638. The second-order valence-electron chi connectivity index (χ2n) is 5.46. The quantitative estimate of drug-likeness (QED) is 0.789. The number of rotatable bonds is 2. The molecule has 0 radical (unpaired) electrons. The first kappa shape index (κ1) is 13.6. The molecule has 1 aliphatic rings. The molecule has 6 nitrogen and oxygen atoms in total. The van der Waals surface area contributed by atoms with Gasteiger partial charge < -0.3 is 18.9 Å². The summed E-state index contributed by atoms with van der Waals surface area (Å²) in [6.45, 7) is 0. The molecule has 6 heteroatoms. The van der Waals surface area contributed by atoms with Crippen molar-refractivity contribution >= 4 is 16.6 Å². The Morgan fingerprint density at radius 1 is 1.26 bits per heavy atom.